The Hall–Kier alpha value is -0.700. The molecule has 3 heteroatoms. The van der Waals surface area contributed by atoms with Crippen molar-refractivity contribution in [2.45, 2.75) is 32.6 Å². The first kappa shape index (κ1) is 10.4. The summed E-state index contributed by atoms with van der Waals surface area (Å²) >= 11 is 5.13. The number of rotatable bonds is 3. The second-order valence-corrected chi connectivity index (χ2v) is 3.97. The van der Waals surface area contributed by atoms with Crippen LogP contribution in [0.15, 0.2) is 12.2 Å². The van der Waals surface area contributed by atoms with E-state index >= 15 is 0 Å². The topological polar surface area (TPSA) is 20.3 Å². The summed E-state index contributed by atoms with van der Waals surface area (Å²) in [6.45, 7) is 6.49. The zero-order valence-electron chi connectivity index (χ0n) is 8.01. The molecule has 2 nitrogen and oxygen atoms in total. The lowest BCUT2D eigenvalue weighted by Gasteiger charge is -2.27. The standard InChI is InChI=1S/C10H15NOS/c1-8(2)6-7-11-9(12)4-3-5-10(11)13/h1,3-7H2,2H3. The largest absolute Gasteiger partial charge is 0.306 e. The van der Waals surface area contributed by atoms with Gasteiger partial charge in [-0.3, -0.25) is 4.79 Å². The van der Waals surface area contributed by atoms with Gasteiger partial charge in [-0.15, -0.1) is 6.58 Å². The lowest BCUT2D eigenvalue weighted by Crippen LogP contribution is -2.39. The summed E-state index contributed by atoms with van der Waals surface area (Å²) in [4.78, 5) is 14.0. The molecule has 0 aromatic rings. The van der Waals surface area contributed by atoms with E-state index in [9.17, 15) is 4.79 Å². The van der Waals surface area contributed by atoms with Gasteiger partial charge in [-0.2, -0.15) is 0 Å². The highest BCUT2D eigenvalue weighted by Crippen LogP contribution is 2.14. The van der Waals surface area contributed by atoms with Crippen LogP contribution in [0.5, 0.6) is 0 Å². The number of carbonyl (C=O) groups is 1. The first-order valence-corrected chi connectivity index (χ1v) is 4.99. The molecule has 0 bridgehead atoms. The molecule has 1 saturated heterocycles. The van der Waals surface area contributed by atoms with Gasteiger partial charge >= 0.3 is 0 Å². The molecule has 0 aromatic heterocycles. The van der Waals surface area contributed by atoms with E-state index in [1.807, 2.05) is 6.92 Å². The molecule has 1 aliphatic rings. The quantitative estimate of drug-likeness (QED) is 0.511. The van der Waals surface area contributed by atoms with E-state index in [1.165, 1.54) is 0 Å². The number of piperidine rings is 1. The summed E-state index contributed by atoms with van der Waals surface area (Å²) < 4.78 is 0. The van der Waals surface area contributed by atoms with Crippen LogP contribution >= 0.6 is 12.2 Å². The molecule has 0 unspecified atom stereocenters. The fraction of sp³-hybridized carbons (Fsp3) is 0.600. The Morgan fingerprint density at radius 1 is 1.62 bits per heavy atom. The van der Waals surface area contributed by atoms with E-state index in [0.717, 1.165) is 29.8 Å². The van der Waals surface area contributed by atoms with Gasteiger partial charge in [0, 0.05) is 13.0 Å². The van der Waals surface area contributed by atoms with E-state index in [2.05, 4.69) is 6.58 Å². The van der Waals surface area contributed by atoms with E-state index in [0.29, 0.717) is 13.0 Å². The first-order valence-electron chi connectivity index (χ1n) is 4.59. The minimum atomic E-state index is 0.178. The molecule has 1 heterocycles. The number of likely N-dealkylation sites (tertiary alicyclic amines) is 1. The summed E-state index contributed by atoms with van der Waals surface area (Å²) in [6, 6.07) is 0. The summed E-state index contributed by atoms with van der Waals surface area (Å²) in [5, 5.41) is 0. The lowest BCUT2D eigenvalue weighted by atomic mass is 10.1. The third-order valence-corrected chi connectivity index (χ3v) is 2.57. The van der Waals surface area contributed by atoms with Gasteiger partial charge < -0.3 is 4.90 Å². The second-order valence-electron chi connectivity index (χ2n) is 3.50. The monoisotopic (exact) mass is 197 g/mol. The van der Waals surface area contributed by atoms with Crippen LogP contribution < -0.4 is 0 Å². The number of carbonyl (C=O) groups excluding carboxylic acids is 1. The molecule has 72 valence electrons. The van der Waals surface area contributed by atoms with Crippen LogP contribution in [-0.4, -0.2) is 22.3 Å². The van der Waals surface area contributed by atoms with Crippen LogP contribution in [0.3, 0.4) is 0 Å². The van der Waals surface area contributed by atoms with E-state index in [4.69, 9.17) is 12.2 Å². The van der Waals surface area contributed by atoms with Crippen molar-refractivity contribution in [3.63, 3.8) is 0 Å². The van der Waals surface area contributed by atoms with Crippen LogP contribution in [0.2, 0.25) is 0 Å². The number of nitrogens with zero attached hydrogens (tertiary/aromatic N) is 1. The first-order chi connectivity index (χ1) is 6.11. The van der Waals surface area contributed by atoms with Crippen molar-refractivity contribution in [3.8, 4) is 0 Å². The van der Waals surface area contributed by atoms with Crippen molar-refractivity contribution in [1.82, 2.24) is 4.90 Å². The fourth-order valence-corrected chi connectivity index (χ4v) is 1.69. The second kappa shape index (κ2) is 4.51. The molecular formula is C10H15NOS. The Balaban J connectivity index is 2.49. The highest BCUT2D eigenvalue weighted by molar-refractivity contribution is 7.80. The molecule has 1 fully saturated rings. The highest BCUT2D eigenvalue weighted by atomic mass is 32.1. The average molecular weight is 197 g/mol. The average Bonchev–Trinajstić information content (AvgIpc) is 2.03. The molecule has 0 radical (unpaired) electrons. The van der Waals surface area contributed by atoms with Gasteiger partial charge in [0.2, 0.25) is 5.91 Å². The maximum absolute atomic E-state index is 11.4. The highest BCUT2D eigenvalue weighted by Gasteiger charge is 2.21. The predicted octanol–water partition coefficient (Wildman–Crippen LogP) is 2.29. The Morgan fingerprint density at radius 3 is 2.85 bits per heavy atom. The van der Waals surface area contributed by atoms with Gasteiger partial charge in [-0.25, -0.2) is 0 Å². The van der Waals surface area contributed by atoms with Gasteiger partial charge in [0.05, 0.1) is 4.99 Å². The maximum Gasteiger partial charge on any atom is 0.227 e. The molecule has 1 aliphatic heterocycles. The van der Waals surface area contributed by atoms with Gasteiger partial charge in [0.15, 0.2) is 0 Å². The Morgan fingerprint density at radius 2 is 2.31 bits per heavy atom. The summed E-state index contributed by atoms with van der Waals surface area (Å²) in [5.74, 6) is 0.178. The van der Waals surface area contributed by atoms with Crippen molar-refractivity contribution in [3.05, 3.63) is 12.2 Å². The van der Waals surface area contributed by atoms with Gasteiger partial charge in [0.1, 0.15) is 0 Å². The normalized spacial score (nSPS) is 17.8. The number of hydrogen-bond acceptors (Lipinski definition) is 2. The molecule has 0 saturated carbocycles. The number of amides is 1. The SMILES string of the molecule is C=C(C)CCN1C(=O)CCCC1=S. The molecule has 1 rings (SSSR count). The van der Waals surface area contributed by atoms with Crippen LogP contribution in [0, 0.1) is 0 Å². The molecule has 0 aliphatic carbocycles. The molecule has 0 atom stereocenters. The van der Waals surface area contributed by atoms with Crippen LogP contribution in [0.1, 0.15) is 32.6 Å². The van der Waals surface area contributed by atoms with E-state index in [-0.39, 0.29) is 5.91 Å². The Bertz CT molecular complexity index is 231. The molecular weight excluding hydrogens is 182 g/mol. The summed E-state index contributed by atoms with van der Waals surface area (Å²) in [5.41, 5.74) is 1.10. The van der Waals surface area contributed by atoms with Crippen molar-refractivity contribution in [1.29, 1.82) is 0 Å². The number of thiocarbonyl (C=S) groups is 1. The predicted molar refractivity (Wildman–Crippen MR) is 57.6 cm³/mol. The third kappa shape index (κ3) is 2.92. The third-order valence-electron chi connectivity index (χ3n) is 2.15. The van der Waals surface area contributed by atoms with Crippen molar-refractivity contribution in [2.24, 2.45) is 0 Å². The molecule has 1 amide bonds. The molecule has 0 aromatic carbocycles. The summed E-state index contributed by atoms with van der Waals surface area (Å²) in [6.07, 6.45) is 3.31. The zero-order chi connectivity index (χ0) is 9.84. The van der Waals surface area contributed by atoms with Crippen molar-refractivity contribution in [2.75, 3.05) is 6.54 Å². The lowest BCUT2D eigenvalue weighted by molar-refractivity contribution is -0.128. The Kier molecular flexibility index (Phi) is 3.60. The van der Waals surface area contributed by atoms with Crippen LogP contribution in [0.25, 0.3) is 0 Å². The van der Waals surface area contributed by atoms with E-state index < -0.39 is 0 Å². The van der Waals surface area contributed by atoms with E-state index in [1.54, 1.807) is 4.90 Å². The molecule has 0 spiro atoms. The van der Waals surface area contributed by atoms with Crippen LogP contribution in [-0.2, 0) is 4.79 Å². The fourth-order valence-electron chi connectivity index (χ4n) is 1.35. The minimum Gasteiger partial charge on any atom is -0.306 e. The minimum absolute atomic E-state index is 0.178. The molecule has 0 N–H and O–H groups in total. The van der Waals surface area contributed by atoms with Gasteiger partial charge in [-0.1, -0.05) is 17.8 Å². The summed E-state index contributed by atoms with van der Waals surface area (Å²) in [7, 11) is 0. The van der Waals surface area contributed by atoms with Gasteiger partial charge in [-0.05, 0) is 26.2 Å². The van der Waals surface area contributed by atoms with Crippen molar-refractivity contribution < 1.29 is 4.79 Å². The smallest absolute Gasteiger partial charge is 0.227 e. The zero-order valence-corrected chi connectivity index (χ0v) is 8.82. The van der Waals surface area contributed by atoms with Crippen molar-refractivity contribution >= 4 is 23.1 Å². The molecule has 13 heavy (non-hydrogen) atoms. The Labute approximate surface area is 84.6 Å². The van der Waals surface area contributed by atoms with Gasteiger partial charge in [0.25, 0.3) is 0 Å². The maximum atomic E-state index is 11.4. The number of hydrogen-bond donors (Lipinski definition) is 0. The van der Waals surface area contributed by atoms with Crippen LogP contribution in [0.4, 0.5) is 0 Å².